The van der Waals surface area contributed by atoms with Gasteiger partial charge in [-0.15, -0.1) is 0 Å². The lowest BCUT2D eigenvalue weighted by Crippen LogP contribution is -2.47. The Labute approximate surface area is 114 Å². The van der Waals surface area contributed by atoms with Gasteiger partial charge in [0.2, 0.25) is 10.0 Å². The number of aromatic nitrogens is 1. The summed E-state index contributed by atoms with van der Waals surface area (Å²) < 4.78 is 27.0. The van der Waals surface area contributed by atoms with Crippen molar-refractivity contribution in [3.05, 3.63) is 18.3 Å². The molecule has 0 saturated carbocycles. The summed E-state index contributed by atoms with van der Waals surface area (Å²) in [5.41, 5.74) is 2.37. The van der Waals surface area contributed by atoms with E-state index in [-0.39, 0.29) is 17.0 Å². The average molecular weight is 284 g/mol. The second kappa shape index (κ2) is 5.44. The fourth-order valence-corrected chi connectivity index (χ4v) is 4.54. The summed E-state index contributed by atoms with van der Waals surface area (Å²) in [6, 6.07) is 3.01. The van der Waals surface area contributed by atoms with Gasteiger partial charge in [-0.1, -0.05) is 6.42 Å². The zero-order valence-electron chi connectivity index (χ0n) is 11.2. The Kier molecular flexibility index (Phi) is 4.07. The van der Waals surface area contributed by atoms with E-state index in [0.717, 1.165) is 19.3 Å². The van der Waals surface area contributed by atoms with Crippen LogP contribution in [0.25, 0.3) is 0 Å². The molecule has 1 aliphatic heterocycles. The molecule has 3 N–H and O–H groups in total. The standard InChI is InChI=1S/C12H20N4O2S/c1-9-4-3-5-10(2)16(9)19(17,18)11-6-7-14-12(8-11)15-13/h6-10H,3-5,13H2,1-2H3,(H,14,15). The maximum atomic E-state index is 12.7. The van der Waals surface area contributed by atoms with Crippen molar-refractivity contribution in [3.63, 3.8) is 0 Å². The van der Waals surface area contributed by atoms with Gasteiger partial charge in [0.15, 0.2) is 0 Å². The van der Waals surface area contributed by atoms with Gasteiger partial charge in [0, 0.05) is 24.3 Å². The van der Waals surface area contributed by atoms with E-state index in [1.807, 2.05) is 13.8 Å². The van der Waals surface area contributed by atoms with Gasteiger partial charge >= 0.3 is 0 Å². The van der Waals surface area contributed by atoms with Gasteiger partial charge < -0.3 is 5.43 Å². The Bertz CT molecular complexity index is 536. The third kappa shape index (κ3) is 2.72. The van der Waals surface area contributed by atoms with Gasteiger partial charge in [-0.3, -0.25) is 0 Å². The van der Waals surface area contributed by atoms with Gasteiger partial charge in [0.25, 0.3) is 0 Å². The lowest BCUT2D eigenvalue weighted by Gasteiger charge is -2.37. The van der Waals surface area contributed by atoms with Crippen LogP contribution < -0.4 is 11.3 Å². The molecule has 1 aliphatic rings. The number of nitrogens with zero attached hydrogens (tertiary/aromatic N) is 2. The molecule has 0 radical (unpaired) electrons. The van der Waals surface area contributed by atoms with Crippen LogP contribution in [0.4, 0.5) is 5.82 Å². The van der Waals surface area contributed by atoms with Crippen LogP contribution in [0.3, 0.4) is 0 Å². The van der Waals surface area contributed by atoms with Crippen molar-refractivity contribution in [2.24, 2.45) is 5.84 Å². The Balaban J connectivity index is 2.40. The van der Waals surface area contributed by atoms with Crippen molar-refractivity contribution in [2.45, 2.75) is 50.1 Å². The molecule has 19 heavy (non-hydrogen) atoms. The maximum Gasteiger partial charge on any atom is 0.243 e. The van der Waals surface area contributed by atoms with Crippen molar-refractivity contribution in [2.75, 3.05) is 5.43 Å². The van der Waals surface area contributed by atoms with Crippen molar-refractivity contribution >= 4 is 15.8 Å². The Morgan fingerprint density at radius 3 is 2.58 bits per heavy atom. The van der Waals surface area contributed by atoms with E-state index < -0.39 is 10.0 Å². The Hall–Kier alpha value is -1.18. The molecule has 0 spiro atoms. The molecule has 6 nitrogen and oxygen atoms in total. The number of hydrogen-bond donors (Lipinski definition) is 2. The number of sulfonamides is 1. The lowest BCUT2D eigenvalue weighted by molar-refractivity contribution is 0.204. The third-order valence-electron chi connectivity index (χ3n) is 3.57. The van der Waals surface area contributed by atoms with Gasteiger partial charge in [-0.05, 0) is 32.8 Å². The van der Waals surface area contributed by atoms with Crippen LogP contribution in [0.15, 0.2) is 23.2 Å². The zero-order valence-corrected chi connectivity index (χ0v) is 12.0. The summed E-state index contributed by atoms with van der Waals surface area (Å²) in [4.78, 5) is 4.17. The van der Waals surface area contributed by atoms with Crippen LogP contribution in [-0.2, 0) is 10.0 Å². The molecule has 0 bridgehead atoms. The number of hydrazine groups is 1. The van der Waals surface area contributed by atoms with Crippen molar-refractivity contribution in [1.82, 2.24) is 9.29 Å². The molecule has 0 amide bonds. The highest BCUT2D eigenvalue weighted by Gasteiger charge is 2.35. The van der Waals surface area contributed by atoms with Crippen molar-refractivity contribution in [1.29, 1.82) is 0 Å². The third-order valence-corrected chi connectivity index (χ3v) is 5.69. The number of rotatable bonds is 3. The largest absolute Gasteiger partial charge is 0.308 e. The molecule has 2 rings (SSSR count). The first-order valence-electron chi connectivity index (χ1n) is 6.43. The first kappa shape index (κ1) is 14.2. The number of pyridine rings is 1. The van der Waals surface area contributed by atoms with E-state index in [2.05, 4.69) is 10.4 Å². The predicted octanol–water partition coefficient (Wildman–Crippen LogP) is 1.32. The molecule has 1 saturated heterocycles. The molecular weight excluding hydrogens is 264 g/mol. The number of nitrogens with one attached hydrogen (secondary N) is 1. The van der Waals surface area contributed by atoms with Crippen LogP contribution in [0.5, 0.6) is 0 Å². The summed E-state index contributed by atoms with van der Waals surface area (Å²) in [5, 5.41) is 0. The number of nitrogens with two attached hydrogens (primary N) is 1. The minimum Gasteiger partial charge on any atom is -0.308 e. The minimum atomic E-state index is -3.50. The molecule has 2 heterocycles. The first-order valence-corrected chi connectivity index (χ1v) is 7.87. The molecule has 1 aromatic heterocycles. The monoisotopic (exact) mass is 284 g/mol. The summed E-state index contributed by atoms with van der Waals surface area (Å²) in [6.07, 6.45) is 4.31. The van der Waals surface area contributed by atoms with Gasteiger partial charge in [-0.2, -0.15) is 4.31 Å². The highest BCUT2D eigenvalue weighted by Crippen LogP contribution is 2.29. The minimum absolute atomic E-state index is 0.0243. The van der Waals surface area contributed by atoms with E-state index in [1.54, 1.807) is 4.31 Å². The highest BCUT2D eigenvalue weighted by molar-refractivity contribution is 7.89. The molecule has 1 aromatic rings. The van der Waals surface area contributed by atoms with Gasteiger partial charge in [-0.25, -0.2) is 19.2 Å². The Morgan fingerprint density at radius 2 is 2.00 bits per heavy atom. The number of hydrogen-bond acceptors (Lipinski definition) is 5. The SMILES string of the molecule is CC1CCCC(C)N1S(=O)(=O)c1ccnc(NN)c1. The molecule has 7 heteroatoms. The van der Waals surface area contributed by atoms with Crippen LogP contribution >= 0.6 is 0 Å². The second-order valence-corrected chi connectivity index (χ2v) is 6.83. The second-order valence-electron chi connectivity index (χ2n) is 4.99. The van der Waals surface area contributed by atoms with E-state index in [0.29, 0.717) is 5.82 Å². The number of piperidine rings is 1. The molecule has 2 atom stereocenters. The number of anilines is 1. The fraction of sp³-hybridized carbons (Fsp3) is 0.583. The predicted molar refractivity (Wildman–Crippen MR) is 73.8 cm³/mol. The Morgan fingerprint density at radius 1 is 1.37 bits per heavy atom. The van der Waals surface area contributed by atoms with E-state index >= 15 is 0 Å². The normalized spacial score (nSPS) is 25.2. The smallest absolute Gasteiger partial charge is 0.243 e. The number of nitrogen functional groups attached to an aromatic ring is 1. The molecule has 106 valence electrons. The van der Waals surface area contributed by atoms with E-state index in [9.17, 15) is 8.42 Å². The lowest BCUT2D eigenvalue weighted by atomic mass is 10.0. The van der Waals surface area contributed by atoms with Crippen LogP contribution in [0.1, 0.15) is 33.1 Å². The molecular formula is C12H20N4O2S. The molecule has 2 unspecified atom stereocenters. The van der Waals surface area contributed by atoms with Crippen LogP contribution in [0.2, 0.25) is 0 Å². The zero-order chi connectivity index (χ0) is 14.0. The first-order chi connectivity index (χ1) is 8.96. The summed E-state index contributed by atoms with van der Waals surface area (Å²) >= 11 is 0. The van der Waals surface area contributed by atoms with E-state index in [4.69, 9.17) is 5.84 Å². The van der Waals surface area contributed by atoms with Gasteiger partial charge in [0.1, 0.15) is 5.82 Å². The highest BCUT2D eigenvalue weighted by atomic mass is 32.2. The maximum absolute atomic E-state index is 12.7. The molecule has 0 aromatic carbocycles. The summed E-state index contributed by atoms with van der Waals surface area (Å²) in [7, 11) is -3.50. The van der Waals surface area contributed by atoms with Gasteiger partial charge in [0.05, 0.1) is 4.90 Å². The quantitative estimate of drug-likeness (QED) is 0.645. The molecule has 1 fully saturated rings. The van der Waals surface area contributed by atoms with Crippen molar-refractivity contribution in [3.8, 4) is 0 Å². The van der Waals surface area contributed by atoms with Crippen LogP contribution in [0, 0.1) is 0 Å². The van der Waals surface area contributed by atoms with Crippen LogP contribution in [-0.4, -0.2) is 29.8 Å². The van der Waals surface area contributed by atoms with E-state index in [1.165, 1.54) is 18.3 Å². The fourth-order valence-electron chi connectivity index (χ4n) is 2.64. The average Bonchev–Trinajstić information content (AvgIpc) is 2.38. The molecule has 0 aliphatic carbocycles. The summed E-state index contributed by atoms with van der Waals surface area (Å²) in [5.74, 6) is 5.62. The summed E-state index contributed by atoms with van der Waals surface area (Å²) in [6.45, 7) is 3.91. The van der Waals surface area contributed by atoms with Crippen molar-refractivity contribution < 1.29 is 8.42 Å². The topological polar surface area (TPSA) is 88.3 Å².